The van der Waals surface area contributed by atoms with Gasteiger partial charge in [0.05, 0.1) is 6.54 Å². The first-order chi connectivity index (χ1) is 10.5. The van der Waals surface area contributed by atoms with Gasteiger partial charge in [0.1, 0.15) is 0 Å². The SMILES string of the molecule is Cc1ccc(CN2C[C@H]3CC[C@@H]2CN(CC(=O)N(C)C)C3)s1. The van der Waals surface area contributed by atoms with Crippen LogP contribution in [0.15, 0.2) is 12.1 Å². The van der Waals surface area contributed by atoms with Crippen molar-refractivity contribution < 1.29 is 4.79 Å². The van der Waals surface area contributed by atoms with Gasteiger partial charge in [-0.1, -0.05) is 0 Å². The highest BCUT2D eigenvalue weighted by atomic mass is 32.1. The average molecular weight is 321 g/mol. The molecular weight excluding hydrogens is 294 g/mol. The molecule has 22 heavy (non-hydrogen) atoms. The standard InChI is InChI=1S/C17H27N3OS/c1-13-4-7-16(22-13)11-20-9-14-5-6-15(20)10-19(8-14)12-17(21)18(2)3/h4,7,14-15H,5-6,8-12H2,1-3H3/t14-,15+/m0/s1. The van der Waals surface area contributed by atoms with Crippen molar-refractivity contribution in [2.75, 3.05) is 40.3 Å². The van der Waals surface area contributed by atoms with Crippen molar-refractivity contribution in [1.82, 2.24) is 14.7 Å². The summed E-state index contributed by atoms with van der Waals surface area (Å²) in [4.78, 5) is 21.6. The monoisotopic (exact) mass is 321 g/mol. The van der Waals surface area contributed by atoms with Crippen LogP contribution in [0.4, 0.5) is 0 Å². The summed E-state index contributed by atoms with van der Waals surface area (Å²) in [6.07, 6.45) is 2.60. The molecule has 0 aromatic carbocycles. The average Bonchev–Trinajstić information content (AvgIpc) is 2.68. The molecule has 2 bridgehead atoms. The molecule has 3 fully saturated rings. The fourth-order valence-corrected chi connectivity index (χ4v) is 4.62. The number of hydrogen-bond donors (Lipinski definition) is 0. The third kappa shape index (κ3) is 3.70. The summed E-state index contributed by atoms with van der Waals surface area (Å²) in [5, 5.41) is 0. The number of piperidine rings is 1. The van der Waals surface area contributed by atoms with Crippen LogP contribution in [0.2, 0.25) is 0 Å². The molecular formula is C17H27N3OS. The molecule has 0 unspecified atom stereocenters. The van der Waals surface area contributed by atoms with Crippen LogP contribution in [0.5, 0.6) is 0 Å². The van der Waals surface area contributed by atoms with Crippen LogP contribution in [0.25, 0.3) is 0 Å². The zero-order valence-corrected chi connectivity index (χ0v) is 14.7. The highest BCUT2D eigenvalue weighted by molar-refractivity contribution is 7.11. The fraction of sp³-hybridized carbons (Fsp3) is 0.706. The Morgan fingerprint density at radius 3 is 2.77 bits per heavy atom. The van der Waals surface area contributed by atoms with E-state index in [1.807, 2.05) is 25.4 Å². The Bertz CT molecular complexity index is 528. The summed E-state index contributed by atoms with van der Waals surface area (Å²) < 4.78 is 0. The highest BCUT2D eigenvalue weighted by Gasteiger charge is 2.35. The molecule has 1 aromatic rings. The van der Waals surface area contributed by atoms with Crippen molar-refractivity contribution in [2.24, 2.45) is 5.92 Å². The highest BCUT2D eigenvalue weighted by Crippen LogP contribution is 2.30. The second-order valence-corrected chi connectivity index (χ2v) is 8.39. The zero-order valence-electron chi connectivity index (χ0n) is 13.9. The minimum atomic E-state index is 0.224. The third-order valence-electron chi connectivity index (χ3n) is 4.92. The summed E-state index contributed by atoms with van der Waals surface area (Å²) in [5.41, 5.74) is 0. The number of carbonyl (C=O) groups is 1. The Morgan fingerprint density at radius 1 is 1.27 bits per heavy atom. The molecule has 0 N–H and O–H groups in total. The van der Waals surface area contributed by atoms with Crippen molar-refractivity contribution in [2.45, 2.75) is 32.4 Å². The number of thiophene rings is 1. The Morgan fingerprint density at radius 2 is 2.09 bits per heavy atom. The molecule has 4 heterocycles. The summed E-state index contributed by atoms with van der Waals surface area (Å²) in [5.74, 6) is 0.941. The van der Waals surface area contributed by atoms with Gasteiger partial charge in [0.2, 0.25) is 5.91 Å². The van der Waals surface area contributed by atoms with Gasteiger partial charge in [-0.15, -0.1) is 11.3 Å². The summed E-state index contributed by atoms with van der Waals surface area (Å²) >= 11 is 1.91. The lowest BCUT2D eigenvalue weighted by molar-refractivity contribution is -0.130. The summed E-state index contributed by atoms with van der Waals surface area (Å²) in [6, 6.07) is 5.10. The smallest absolute Gasteiger partial charge is 0.236 e. The van der Waals surface area contributed by atoms with Crippen LogP contribution in [0.3, 0.4) is 0 Å². The van der Waals surface area contributed by atoms with E-state index in [0.29, 0.717) is 12.6 Å². The topological polar surface area (TPSA) is 26.8 Å². The molecule has 1 amide bonds. The molecule has 0 aliphatic carbocycles. The number of rotatable bonds is 4. The maximum absolute atomic E-state index is 12.0. The van der Waals surface area contributed by atoms with Crippen LogP contribution in [0, 0.1) is 12.8 Å². The van der Waals surface area contributed by atoms with Gasteiger partial charge in [-0.05, 0) is 37.8 Å². The van der Waals surface area contributed by atoms with E-state index in [2.05, 4.69) is 28.9 Å². The number of fused-ring (bicyclic) bond motifs is 4. The van der Waals surface area contributed by atoms with Crippen LogP contribution >= 0.6 is 11.3 Å². The minimum Gasteiger partial charge on any atom is -0.348 e. The molecule has 3 aliphatic rings. The van der Waals surface area contributed by atoms with Crippen LogP contribution in [-0.2, 0) is 11.3 Å². The quantitative estimate of drug-likeness (QED) is 0.849. The normalized spacial score (nSPS) is 26.1. The molecule has 3 saturated heterocycles. The van der Waals surface area contributed by atoms with E-state index in [1.54, 1.807) is 4.90 Å². The first-order valence-corrected chi connectivity index (χ1v) is 9.05. The third-order valence-corrected chi connectivity index (χ3v) is 5.90. The predicted octanol–water partition coefficient (Wildman–Crippen LogP) is 2.04. The number of carbonyl (C=O) groups excluding carboxylic acids is 1. The first kappa shape index (κ1) is 16.0. The van der Waals surface area contributed by atoms with E-state index in [4.69, 9.17) is 0 Å². The van der Waals surface area contributed by atoms with E-state index in [9.17, 15) is 4.79 Å². The minimum absolute atomic E-state index is 0.224. The number of nitrogens with zero attached hydrogens (tertiary/aromatic N) is 3. The van der Waals surface area contributed by atoms with Crippen molar-refractivity contribution in [3.8, 4) is 0 Å². The second-order valence-electron chi connectivity index (χ2n) is 7.02. The molecule has 122 valence electrons. The molecule has 0 radical (unpaired) electrons. The van der Waals surface area contributed by atoms with Crippen molar-refractivity contribution >= 4 is 17.2 Å². The lowest BCUT2D eigenvalue weighted by Crippen LogP contribution is -2.44. The van der Waals surface area contributed by atoms with Gasteiger partial charge in [0.25, 0.3) is 0 Å². The van der Waals surface area contributed by atoms with Gasteiger partial charge < -0.3 is 4.90 Å². The number of amides is 1. The van der Waals surface area contributed by atoms with Gasteiger partial charge in [-0.25, -0.2) is 0 Å². The van der Waals surface area contributed by atoms with Crippen LogP contribution in [-0.4, -0.2) is 66.9 Å². The Balaban J connectivity index is 1.64. The molecule has 5 heteroatoms. The molecule has 4 nitrogen and oxygen atoms in total. The Hall–Kier alpha value is -0.910. The van der Waals surface area contributed by atoms with Crippen molar-refractivity contribution in [3.05, 3.63) is 21.9 Å². The van der Waals surface area contributed by atoms with Gasteiger partial charge in [-0.2, -0.15) is 0 Å². The van der Waals surface area contributed by atoms with E-state index in [-0.39, 0.29) is 5.91 Å². The van der Waals surface area contributed by atoms with E-state index in [1.165, 1.54) is 29.1 Å². The largest absolute Gasteiger partial charge is 0.348 e. The molecule has 0 saturated carbocycles. The first-order valence-electron chi connectivity index (χ1n) is 8.23. The zero-order chi connectivity index (χ0) is 15.7. The van der Waals surface area contributed by atoms with Gasteiger partial charge >= 0.3 is 0 Å². The molecule has 2 atom stereocenters. The molecule has 1 aromatic heterocycles. The number of aryl methyl sites for hydroxylation is 1. The van der Waals surface area contributed by atoms with Gasteiger partial charge in [0, 0.05) is 56.1 Å². The number of hydrogen-bond acceptors (Lipinski definition) is 4. The molecule has 4 rings (SSSR count). The molecule has 0 spiro atoms. The maximum atomic E-state index is 12.0. The summed E-state index contributed by atoms with van der Waals surface area (Å²) in [6.45, 7) is 7.14. The van der Waals surface area contributed by atoms with Gasteiger partial charge in [0.15, 0.2) is 0 Å². The van der Waals surface area contributed by atoms with Crippen molar-refractivity contribution in [1.29, 1.82) is 0 Å². The molecule has 3 aliphatic heterocycles. The second kappa shape index (κ2) is 6.69. The van der Waals surface area contributed by atoms with E-state index in [0.717, 1.165) is 25.6 Å². The fourth-order valence-electron chi connectivity index (χ4n) is 3.70. The Kier molecular flexibility index (Phi) is 4.85. The van der Waals surface area contributed by atoms with Gasteiger partial charge in [-0.3, -0.25) is 14.6 Å². The van der Waals surface area contributed by atoms with E-state index >= 15 is 0 Å². The van der Waals surface area contributed by atoms with E-state index < -0.39 is 0 Å². The predicted molar refractivity (Wildman–Crippen MR) is 91.1 cm³/mol. The van der Waals surface area contributed by atoms with Crippen molar-refractivity contribution in [3.63, 3.8) is 0 Å². The number of likely N-dealkylation sites (N-methyl/N-ethyl adjacent to an activating group) is 1. The lowest BCUT2D eigenvalue weighted by atomic mass is 9.95. The summed E-state index contributed by atoms with van der Waals surface area (Å²) in [7, 11) is 3.69. The van der Waals surface area contributed by atoms with Crippen LogP contribution in [0.1, 0.15) is 22.6 Å². The Labute approximate surface area is 137 Å². The van der Waals surface area contributed by atoms with Crippen LogP contribution < -0.4 is 0 Å². The lowest BCUT2D eigenvalue weighted by Gasteiger charge is -2.35. The maximum Gasteiger partial charge on any atom is 0.236 e.